The lowest BCUT2D eigenvalue weighted by molar-refractivity contribution is -0.135. The van der Waals surface area contributed by atoms with Crippen LogP contribution in [0.25, 0.3) is 0 Å². The lowest BCUT2D eigenvalue weighted by Crippen LogP contribution is -2.42. The Labute approximate surface area is 346 Å². The summed E-state index contributed by atoms with van der Waals surface area (Å²) < 4.78 is 9.69. The van der Waals surface area contributed by atoms with Crippen molar-refractivity contribution >= 4 is 35.4 Å². The van der Waals surface area contributed by atoms with E-state index >= 15 is 0 Å². The Kier molecular flexibility index (Phi) is 10.6. The average molecular weight is 813 g/mol. The van der Waals surface area contributed by atoms with E-state index in [0.717, 1.165) is 72.9 Å². The van der Waals surface area contributed by atoms with Crippen LogP contribution in [0.4, 0.5) is 21.0 Å². The molecule has 60 heavy (non-hydrogen) atoms. The molecule has 16 heteroatoms. The van der Waals surface area contributed by atoms with Crippen molar-refractivity contribution in [3.63, 3.8) is 0 Å². The zero-order chi connectivity index (χ0) is 41.3. The minimum absolute atomic E-state index is 0.0141. The summed E-state index contributed by atoms with van der Waals surface area (Å²) in [6, 6.07) is 20.5. The Bertz CT molecular complexity index is 2190. The van der Waals surface area contributed by atoms with Gasteiger partial charge in [-0.15, -0.1) is 0 Å². The highest BCUT2D eigenvalue weighted by molar-refractivity contribution is 5.88. The molecule has 6 N–H and O–H groups in total. The number of amides is 4. The van der Waals surface area contributed by atoms with Crippen molar-refractivity contribution in [1.82, 2.24) is 40.4 Å². The second kappa shape index (κ2) is 16.4. The topological polar surface area (TPSA) is 199 Å². The molecule has 310 valence electrons. The maximum atomic E-state index is 14.0. The summed E-state index contributed by atoms with van der Waals surface area (Å²) in [5.74, 6) is 1.04. The van der Waals surface area contributed by atoms with E-state index in [1.807, 2.05) is 73.1 Å². The van der Waals surface area contributed by atoms with Gasteiger partial charge >= 0.3 is 12.2 Å². The molecule has 2 fully saturated rings. The molecule has 6 heterocycles. The summed E-state index contributed by atoms with van der Waals surface area (Å²) in [7, 11) is 2.57. The third kappa shape index (κ3) is 7.48. The van der Waals surface area contributed by atoms with E-state index in [4.69, 9.17) is 19.4 Å². The lowest BCUT2D eigenvalue weighted by atomic mass is 10.0. The summed E-state index contributed by atoms with van der Waals surface area (Å²) in [5, 5.41) is 12.8. The summed E-state index contributed by atoms with van der Waals surface area (Å²) in [4.78, 5) is 72.7. The molecule has 0 saturated carbocycles. The Morgan fingerprint density at radius 1 is 0.650 bits per heavy atom. The molecule has 0 radical (unpaired) electrons. The van der Waals surface area contributed by atoms with Crippen molar-refractivity contribution in [2.75, 3.05) is 37.9 Å². The minimum atomic E-state index is -0.880. The summed E-state index contributed by atoms with van der Waals surface area (Å²) >= 11 is 0. The van der Waals surface area contributed by atoms with Crippen LogP contribution in [0.5, 0.6) is 0 Å². The number of hydrogen-bond acceptors (Lipinski definition) is 10. The number of nitrogens with one attached hydrogen (secondary N) is 6. The molecule has 4 amide bonds. The van der Waals surface area contributed by atoms with E-state index in [1.54, 1.807) is 9.80 Å². The molecular weight excluding hydrogens is 765 g/mol. The van der Waals surface area contributed by atoms with Crippen LogP contribution in [0.2, 0.25) is 0 Å². The van der Waals surface area contributed by atoms with E-state index in [-0.39, 0.29) is 36.0 Å². The van der Waals surface area contributed by atoms with E-state index in [2.05, 4.69) is 43.4 Å². The fraction of sp³-hybridized carbons (Fsp3) is 0.364. The first-order chi connectivity index (χ1) is 29.3. The van der Waals surface area contributed by atoms with Gasteiger partial charge in [-0.2, -0.15) is 0 Å². The van der Waals surface area contributed by atoms with Crippen LogP contribution in [0.15, 0.2) is 85.2 Å². The van der Waals surface area contributed by atoms with Gasteiger partial charge in [0, 0.05) is 37.3 Å². The highest BCUT2D eigenvalue weighted by atomic mass is 16.5. The average Bonchev–Trinajstić information content (AvgIpc) is 4.14. The van der Waals surface area contributed by atoms with Crippen LogP contribution in [-0.2, 0) is 31.9 Å². The van der Waals surface area contributed by atoms with Gasteiger partial charge in [-0.3, -0.25) is 9.59 Å². The number of benzene rings is 3. The number of aromatic amines is 2. The molecule has 4 aliphatic rings. The van der Waals surface area contributed by atoms with Crippen molar-refractivity contribution in [2.45, 2.75) is 74.8 Å². The first-order valence-electron chi connectivity index (χ1n) is 20.5. The molecular formula is C44H48N10O6. The number of aromatic nitrogens is 4. The summed E-state index contributed by atoms with van der Waals surface area (Å²) in [6.45, 7) is 1.12. The molecule has 16 nitrogen and oxygen atoms in total. The molecule has 0 spiro atoms. The molecule has 0 bridgehead atoms. The quantitative estimate of drug-likeness (QED) is 0.0962. The molecule has 6 atom stereocenters. The Hall–Kier alpha value is -6.84. The van der Waals surface area contributed by atoms with Gasteiger partial charge in [0.2, 0.25) is 0 Å². The van der Waals surface area contributed by atoms with Crippen molar-refractivity contribution in [1.29, 1.82) is 0 Å². The molecule has 0 aliphatic carbocycles. The Balaban J connectivity index is 0.848. The number of methoxy groups -OCH3 is 2. The molecule has 2 saturated heterocycles. The van der Waals surface area contributed by atoms with Gasteiger partial charge in [0.15, 0.2) is 0 Å². The largest absolute Gasteiger partial charge is 0.453 e. The standard InChI is InChI=1S/C44H48N10O6/c1-59-43(57)51-37(25-11-5-3-6-12-25)41(55)53-17-9-15-35(53)39-45-23-33(49-39)31-20-27-19-28-21-32(48-30(28)22-29(27)47-31)34-24-46-40(50-34)36-16-10-18-54(36)42(56)38(52-44(58)60-2)26-13-7-4-8-14-26/h3-8,11-14,19,22-24,31-32,35-38,47-48H,9-10,15-18,20-21H2,1-2H3,(H,45,49)(H,46,50)(H,51,57)(H,52,58)/t31?,32?,35?,36?,37-,38?/m0/s1. The highest BCUT2D eigenvalue weighted by Gasteiger charge is 2.39. The van der Waals surface area contributed by atoms with Gasteiger partial charge in [0.1, 0.15) is 23.7 Å². The van der Waals surface area contributed by atoms with Crippen molar-refractivity contribution in [3.8, 4) is 0 Å². The van der Waals surface area contributed by atoms with E-state index in [9.17, 15) is 19.2 Å². The van der Waals surface area contributed by atoms with Crippen molar-refractivity contribution in [3.05, 3.63) is 130 Å². The van der Waals surface area contributed by atoms with E-state index < -0.39 is 24.3 Å². The van der Waals surface area contributed by atoms with Crippen LogP contribution >= 0.6 is 0 Å². The van der Waals surface area contributed by atoms with Crippen LogP contribution in [-0.4, -0.2) is 81.0 Å². The third-order valence-electron chi connectivity index (χ3n) is 12.2. The number of carbonyl (C=O) groups is 4. The van der Waals surface area contributed by atoms with Crippen molar-refractivity contribution < 1.29 is 28.7 Å². The summed E-state index contributed by atoms with van der Waals surface area (Å²) in [5.41, 5.74) is 7.80. The maximum Gasteiger partial charge on any atom is 0.407 e. The lowest BCUT2D eigenvalue weighted by Gasteiger charge is -2.28. The smallest absolute Gasteiger partial charge is 0.407 e. The summed E-state index contributed by atoms with van der Waals surface area (Å²) in [6.07, 6.45) is 7.09. The number of anilines is 2. The predicted molar refractivity (Wildman–Crippen MR) is 221 cm³/mol. The molecule has 2 aromatic heterocycles. The van der Waals surface area contributed by atoms with Crippen LogP contribution in [0.3, 0.4) is 0 Å². The van der Waals surface area contributed by atoms with Gasteiger partial charge in [0.25, 0.3) is 11.8 Å². The van der Waals surface area contributed by atoms with Crippen molar-refractivity contribution in [2.24, 2.45) is 0 Å². The van der Waals surface area contributed by atoms with Crippen LogP contribution in [0.1, 0.15) is 107 Å². The number of ether oxygens (including phenoxy) is 2. The number of nitrogens with zero attached hydrogens (tertiary/aromatic N) is 4. The van der Waals surface area contributed by atoms with Gasteiger partial charge in [-0.1, -0.05) is 66.7 Å². The Morgan fingerprint density at radius 2 is 1.08 bits per heavy atom. The first-order valence-corrected chi connectivity index (χ1v) is 20.5. The van der Waals surface area contributed by atoms with Crippen LogP contribution in [0, 0.1) is 0 Å². The number of carbonyl (C=O) groups excluding carboxylic acids is 4. The second-order valence-corrected chi connectivity index (χ2v) is 15.8. The second-order valence-electron chi connectivity index (χ2n) is 15.8. The van der Waals surface area contributed by atoms with Gasteiger partial charge < -0.3 is 50.5 Å². The third-order valence-corrected chi connectivity index (χ3v) is 12.2. The number of hydrogen-bond donors (Lipinski definition) is 6. The fourth-order valence-electron chi connectivity index (χ4n) is 9.17. The number of fused-ring (bicyclic) bond motifs is 2. The van der Waals surface area contributed by atoms with Gasteiger partial charge in [-0.05, 0) is 54.0 Å². The number of imidazole rings is 2. The highest BCUT2D eigenvalue weighted by Crippen LogP contribution is 2.43. The molecule has 4 aliphatic heterocycles. The first kappa shape index (κ1) is 38.7. The maximum absolute atomic E-state index is 14.0. The van der Waals surface area contributed by atoms with Gasteiger partial charge in [-0.25, -0.2) is 19.6 Å². The number of H-pyrrole nitrogens is 2. The van der Waals surface area contributed by atoms with E-state index in [0.29, 0.717) is 24.2 Å². The number of alkyl carbamates (subject to hydrolysis) is 2. The molecule has 5 aromatic rings. The van der Waals surface area contributed by atoms with Gasteiger partial charge in [0.05, 0.1) is 62.2 Å². The molecule has 3 aromatic carbocycles. The SMILES string of the molecule is COC(=O)NC(C(=O)N1CCCC1c1ncc(C2Cc3cc4c(cc3N2)NC(c2cnc(C3CCCN3C(=O)[C@@H](NC(=O)OC)c3ccccc3)[nH]2)C4)[nH]1)c1ccccc1. The molecule has 5 unspecified atom stereocenters. The fourth-order valence-corrected chi connectivity index (χ4v) is 9.17. The molecule has 9 rings (SSSR count). The zero-order valence-corrected chi connectivity index (χ0v) is 33.4. The van der Waals surface area contributed by atoms with Crippen LogP contribution < -0.4 is 21.3 Å². The predicted octanol–water partition coefficient (Wildman–Crippen LogP) is 6.07. The normalized spacial score (nSPS) is 21.3. The number of rotatable bonds is 10. The van der Waals surface area contributed by atoms with E-state index in [1.165, 1.54) is 25.3 Å². The minimum Gasteiger partial charge on any atom is -0.453 e. The monoisotopic (exact) mass is 812 g/mol. The number of likely N-dealkylation sites (tertiary alicyclic amines) is 2. The Morgan fingerprint density at radius 3 is 1.50 bits per heavy atom. The zero-order valence-electron chi connectivity index (χ0n) is 33.4.